The minimum absolute atomic E-state index is 0. The quantitative estimate of drug-likeness (QED) is 0.171. The van der Waals surface area contributed by atoms with E-state index in [2.05, 4.69) is 97.7 Å². The molecule has 4 heteroatoms. The van der Waals surface area contributed by atoms with Crippen LogP contribution in [-0.2, 0) is 19.2 Å². The van der Waals surface area contributed by atoms with Gasteiger partial charge in [0.05, 0.1) is 0 Å². The molecule has 0 aliphatic heterocycles. The average molecular weight is 493 g/mol. The molecule has 0 fully saturated rings. The topological polar surface area (TPSA) is 0 Å². The van der Waals surface area contributed by atoms with E-state index in [1.807, 2.05) is 0 Å². The first kappa shape index (κ1) is 33.8. The summed E-state index contributed by atoms with van der Waals surface area (Å²) in [6.45, 7) is 13.0. The van der Waals surface area contributed by atoms with E-state index in [9.17, 15) is 0 Å². The third-order valence-electron chi connectivity index (χ3n) is 4.93. The second-order valence-corrected chi connectivity index (χ2v) is 7.12. The molecule has 0 aliphatic rings. The van der Waals surface area contributed by atoms with Gasteiger partial charge in [-0.05, 0) is 13.8 Å². The van der Waals surface area contributed by atoms with Crippen molar-refractivity contribution >= 4 is 54.0 Å². The zero-order chi connectivity index (χ0) is 19.4. The van der Waals surface area contributed by atoms with Gasteiger partial charge in [0.2, 0.25) is 0 Å². The Labute approximate surface area is 210 Å². The van der Waals surface area contributed by atoms with Crippen molar-refractivity contribution in [1.29, 1.82) is 0 Å². The van der Waals surface area contributed by atoms with E-state index in [0.29, 0.717) is 0 Å². The zero-order valence-electron chi connectivity index (χ0n) is 19.4. The van der Waals surface area contributed by atoms with Crippen molar-refractivity contribution in [2.24, 2.45) is 0 Å². The molecule has 0 saturated heterocycles. The second-order valence-electron chi connectivity index (χ2n) is 7.12. The molecule has 2 radical (unpaired) electrons. The molecule has 4 aromatic carbocycles. The summed E-state index contributed by atoms with van der Waals surface area (Å²) in [6, 6.07) is 17.8. The summed E-state index contributed by atoms with van der Waals surface area (Å²) in [6.07, 6.45) is 0. The van der Waals surface area contributed by atoms with Crippen LogP contribution in [0.1, 0.15) is 33.4 Å². The number of rotatable bonds is 0. The summed E-state index contributed by atoms with van der Waals surface area (Å²) in [4.78, 5) is 0. The molecule has 30 heavy (non-hydrogen) atoms. The van der Waals surface area contributed by atoms with Crippen molar-refractivity contribution in [2.45, 2.75) is 41.5 Å². The number of halogens is 2. The van der Waals surface area contributed by atoms with E-state index >= 15 is 0 Å². The molecule has 0 spiro atoms. The fourth-order valence-electron chi connectivity index (χ4n) is 3.47. The molecule has 4 rings (SSSR count). The normalized spacial score (nSPS) is 8.83. The SMILES string of the molecule is Cc1cc2c(C)ccc(C)c2[cH-]1.Cc1cc2c(C)ccc(C)c2[cH-]1.Cl.Cl.[CH3-].[CH3-].[Si]=[Ti]. The maximum atomic E-state index is 2.97. The van der Waals surface area contributed by atoms with Gasteiger partial charge in [-0.2, -0.15) is 12.1 Å². The Morgan fingerprint density at radius 3 is 1.10 bits per heavy atom. The van der Waals surface area contributed by atoms with Gasteiger partial charge in [0.25, 0.3) is 0 Å². The Bertz CT molecular complexity index is 882. The van der Waals surface area contributed by atoms with Crippen molar-refractivity contribution in [3.8, 4) is 0 Å². The molecule has 4 aromatic rings. The number of hydrogen-bond acceptors (Lipinski definition) is 0. The summed E-state index contributed by atoms with van der Waals surface area (Å²) < 4.78 is 0. The minimum atomic E-state index is 0. The number of fused-ring (bicyclic) bond motifs is 2. The van der Waals surface area contributed by atoms with Crippen LogP contribution >= 0.6 is 24.8 Å². The first-order valence-corrected chi connectivity index (χ1v) is 11.7. The molecule has 0 nitrogen and oxygen atoms in total. The fourth-order valence-corrected chi connectivity index (χ4v) is 3.47. The first-order chi connectivity index (χ1) is 12.4. The van der Waals surface area contributed by atoms with Gasteiger partial charge < -0.3 is 14.9 Å². The molecule has 0 unspecified atom stereocenters. The van der Waals surface area contributed by atoms with Crippen LogP contribution in [0.3, 0.4) is 0 Å². The number of aryl methyl sites for hydroxylation is 6. The molecule has 0 saturated carbocycles. The Hall–Kier alpha value is -0.829. The van der Waals surface area contributed by atoms with Gasteiger partial charge >= 0.3 is 26.8 Å². The van der Waals surface area contributed by atoms with E-state index in [1.165, 1.54) is 54.9 Å². The van der Waals surface area contributed by atoms with E-state index in [0.717, 1.165) is 0 Å². The van der Waals surface area contributed by atoms with Crippen molar-refractivity contribution in [3.63, 3.8) is 0 Å². The molecule has 0 atom stereocenters. The number of hydrogen-bond donors (Lipinski definition) is 0. The maximum absolute atomic E-state index is 2.97. The molecular formula is C26H34Cl2SiTi-4. The van der Waals surface area contributed by atoms with Crippen molar-refractivity contribution in [2.75, 3.05) is 0 Å². The third kappa shape index (κ3) is 7.70. The van der Waals surface area contributed by atoms with Crippen molar-refractivity contribution in [1.82, 2.24) is 0 Å². The van der Waals surface area contributed by atoms with Gasteiger partial charge in [0, 0.05) is 0 Å². The monoisotopic (exact) mass is 492 g/mol. The van der Waals surface area contributed by atoms with Crippen LogP contribution in [0.2, 0.25) is 0 Å². The molecule has 0 bridgehead atoms. The summed E-state index contributed by atoms with van der Waals surface area (Å²) >= 11 is 1.81. The summed E-state index contributed by atoms with van der Waals surface area (Å²) in [5.41, 5.74) is 8.24. The van der Waals surface area contributed by atoms with Crippen molar-refractivity contribution < 1.29 is 19.2 Å². The fraction of sp³-hybridized carbons (Fsp3) is 0.231. The molecule has 164 valence electrons. The molecule has 0 amide bonds. The Kier molecular flexibility index (Phi) is 17.0. The molecular weight excluding hydrogens is 459 g/mol. The van der Waals surface area contributed by atoms with Crippen LogP contribution in [0.25, 0.3) is 21.5 Å². The Morgan fingerprint density at radius 2 is 0.833 bits per heavy atom. The second kappa shape index (κ2) is 15.1. The molecule has 0 N–H and O–H groups in total. The van der Waals surface area contributed by atoms with Gasteiger partial charge in [-0.25, -0.2) is 0 Å². The van der Waals surface area contributed by atoms with Gasteiger partial charge in [0.15, 0.2) is 0 Å². The molecule has 0 aliphatic carbocycles. The van der Waals surface area contributed by atoms with Crippen LogP contribution in [0, 0.1) is 56.4 Å². The summed E-state index contributed by atoms with van der Waals surface area (Å²) in [5.74, 6) is 0. The van der Waals surface area contributed by atoms with Crippen LogP contribution in [0.4, 0.5) is 0 Å². The van der Waals surface area contributed by atoms with E-state index in [1.54, 1.807) is 19.2 Å². The van der Waals surface area contributed by atoms with Crippen LogP contribution in [0.15, 0.2) is 48.5 Å². The van der Waals surface area contributed by atoms with Crippen molar-refractivity contribution in [3.05, 3.63) is 96.8 Å². The molecule has 0 aromatic heterocycles. The van der Waals surface area contributed by atoms with Gasteiger partial charge in [-0.3, -0.25) is 0 Å². The van der Waals surface area contributed by atoms with Gasteiger partial charge in [-0.15, -0.1) is 92.9 Å². The predicted octanol–water partition coefficient (Wildman–Crippen LogP) is 8.33. The first-order valence-electron chi connectivity index (χ1n) is 8.88. The van der Waals surface area contributed by atoms with Gasteiger partial charge in [-0.1, -0.05) is 51.0 Å². The number of benzene rings is 2. The average Bonchev–Trinajstić information content (AvgIpc) is 3.21. The predicted molar refractivity (Wildman–Crippen MR) is 141 cm³/mol. The van der Waals surface area contributed by atoms with E-state index in [-0.39, 0.29) is 39.7 Å². The molecule has 0 heterocycles. The van der Waals surface area contributed by atoms with Crippen LogP contribution in [-0.4, -0.2) is 7.63 Å². The summed E-state index contributed by atoms with van der Waals surface area (Å²) in [5, 5.41) is 5.64. The van der Waals surface area contributed by atoms with Crippen LogP contribution < -0.4 is 0 Å². The Balaban J connectivity index is -0.000000400. The van der Waals surface area contributed by atoms with E-state index < -0.39 is 0 Å². The summed E-state index contributed by atoms with van der Waals surface area (Å²) in [7, 11) is 2.97. The zero-order valence-corrected chi connectivity index (χ0v) is 23.6. The standard InChI is InChI=1S/2C12H13.2CH3.2ClH.Si.Ti/c2*1-8-6-11-9(2)4-5-10(3)12(11)7-8;;;;;;/h2*4-7H,1-3H3;2*1H3;2*1H;;/q4*-1;;;;. The van der Waals surface area contributed by atoms with Gasteiger partial charge in [0.1, 0.15) is 0 Å². The van der Waals surface area contributed by atoms with E-state index in [4.69, 9.17) is 0 Å². The Morgan fingerprint density at radius 1 is 0.567 bits per heavy atom. The third-order valence-corrected chi connectivity index (χ3v) is 4.93. The van der Waals surface area contributed by atoms with Crippen LogP contribution in [0.5, 0.6) is 0 Å².